The Morgan fingerprint density at radius 3 is 2.46 bits per heavy atom. The van der Waals surface area contributed by atoms with Crippen LogP contribution in [0.3, 0.4) is 0 Å². The third kappa shape index (κ3) is 5.59. The second-order valence-corrected chi connectivity index (χ2v) is 10.2. The van der Waals surface area contributed by atoms with Crippen LogP contribution in [0, 0.1) is 5.82 Å². The van der Waals surface area contributed by atoms with Crippen LogP contribution in [0.4, 0.5) is 10.1 Å². The van der Waals surface area contributed by atoms with Crippen LogP contribution in [0.15, 0.2) is 107 Å². The highest BCUT2D eigenvalue weighted by Crippen LogP contribution is 2.42. The number of fused-ring (bicyclic) bond motifs is 2. The number of halogens is 1. The lowest BCUT2D eigenvalue weighted by Crippen LogP contribution is -2.34. The van der Waals surface area contributed by atoms with E-state index in [0.29, 0.717) is 22.4 Å². The van der Waals surface area contributed by atoms with Gasteiger partial charge in [-0.1, -0.05) is 72.4 Å². The molecule has 1 N–H and O–H groups in total. The second-order valence-electron chi connectivity index (χ2n) is 9.16. The van der Waals surface area contributed by atoms with Crippen molar-refractivity contribution in [2.45, 2.75) is 42.1 Å². The number of hydrogen-bond acceptors (Lipinski definition) is 3. The van der Waals surface area contributed by atoms with Gasteiger partial charge in [-0.2, -0.15) is 0 Å². The fourth-order valence-corrected chi connectivity index (χ4v) is 5.48. The molecule has 37 heavy (non-hydrogen) atoms. The fraction of sp³-hybridized carbons (Fsp3) is 0.161. The Bertz CT molecular complexity index is 1440. The van der Waals surface area contributed by atoms with E-state index >= 15 is 0 Å². The number of rotatable bonds is 7. The van der Waals surface area contributed by atoms with Crippen molar-refractivity contribution in [2.75, 3.05) is 4.90 Å². The number of nitrogens with zero attached hydrogens (tertiary/aromatic N) is 1. The number of amides is 2. The topological polar surface area (TPSA) is 49.4 Å². The Balaban J connectivity index is 1.42. The van der Waals surface area contributed by atoms with E-state index in [0.717, 1.165) is 22.6 Å². The van der Waals surface area contributed by atoms with Crippen LogP contribution in [-0.4, -0.2) is 17.9 Å². The molecular formula is C31H27FN2O2S. The molecule has 186 valence electrons. The summed E-state index contributed by atoms with van der Waals surface area (Å²) in [5, 5.41) is 3.08. The molecule has 1 atom stereocenters. The zero-order valence-corrected chi connectivity index (χ0v) is 21.3. The smallest absolute Gasteiger partial charge is 0.259 e. The number of carbonyl (C=O) groups is 2. The first kappa shape index (κ1) is 24.8. The van der Waals surface area contributed by atoms with Crippen LogP contribution in [-0.2, 0) is 13.0 Å². The molecule has 4 aromatic rings. The summed E-state index contributed by atoms with van der Waals surface area (Å²) in [5.74, 6) is -0.796. The van der Waals surface area contributed by atoms with E-state index < -0.39 is 0 Å². The molecule has 6 heteroatoms. The lowest BCUT2D eigenvalue weighted by molar-refractivity contribution is 0.0935. The largest absolute Gasteiger partial charge is 0.350 e. The average molecular weight is 511 g/mol. The fourth-order valence-electron chi connectivity index (χ4n) is 4.42. The number of anilines is 1. The van der Waals surface area contributed by atoms with Gasteiger partial charge in [0, 0.05) is 27.0 Å². The maximum Gasteiger partial charge on any atom is 0.259 e. The summed E-state index contributed by atoms with van der Waals surface area (Å²) >= 11 is 1.48. The van der Waals surface area contributed by atoms with Gasteiger partial charge in [0.05, 0.1) is 17.8 Å². The molecule has 0 saturated carbocycles. The van der Waals surface area contributed by atoms with Crippen LogP contribution in [0.5, 0.6) is 0 Å². The predicted octanol–water partition coefficient (Wildman–Crippen LogP) is 6.89. The van der Waals surface area contributed by atoms with Gasteiger partial charge in [-0.25, -0.2) is 4.39 Å². The van der Waals surface area contributed by atoms with Gasteiger partial charge in [0.15, 0.2) is 0 Å². The Kier molecular flexibility index (Phi) is 7.37. The van der Waals surface area contributed by atoms with Gasteiger partial charge in [-0.05, 0) is 61.7 Å². The molecule has 0 aliphatic carbocycles. The Labute approximate surface area is 220 Å². The van der Waals surface area contributed by atoms with Crippen LogP contribution >= 0.6 is 11.8 Å². The summed E-state index contributed by atoms with van der Waals surface area (Å²) in [4.78, 5) is 30.1. The molecule has 1 aliphatic heterocycles. The van der Waals surface area contributed by atoms with Gasteiger partial charge >= 0.3 is 0 Å². The minimum absolute atomic E-state index is 0.0266. The third-order valence-corrected chi connectivity index (χ3v) is 7.61. The van der Waals surface area contributed by atoms with Crippen LogP contribution in [0.2, 0.25) is 0 Å². The van der Waals surface area contributed by atoms with Crippen LogP contribution < -0.4 is 10.2 Å². The molecular weight excluding hydrogens is 483 g/mol. The first-order valence-corrected chi connectivity index (χ1v) is 13.1. The van der Waals surface area contributed by atoms with Gasteiger partial charge in [0.1, 0.15) is 5.82 Å². The lowest BCUT2D eigenvalue weighted by Gasteiger charge is -2.24. The van der Waals surface area contributed by atoms with Crippen molar-refractivity contribution < 1.29 is 14.0 Å². The van der Waals surface area contributed by atoms with E-state index in [1.165, 1.54) is 23.4 Å². The maximum atomic E-state index is 14.6. The van der Waals surface area contributed by atoms with E-state index in [9.17, 15) is 14.0 Å². The monoisotopic (exact) mass is 510 g/mol. The van der Waals surface area contributed by atoms with E-state index in [1.807, 2.05) is 49.4 Å². The molecule has 1 heterocycles. The molecule has 4 nitrogen and oxygen atoms in total. The number of hydrogen-bond donors (Lipinski definition) is 1. The molecule has 0 spiro atoms. The van der Waals surface area contributed by atoms with E-state index in [-0.39, 0.29) is 30.2 Å². The molecule has 0 fully saturated rings. The summed E-state index contributed by atoms with van der Waals surface area (Å²) in [5.41, 5.74) is 3.26. The van der Waals surface area contributed by atoms with Crippen molar-refractivity contribution in [2.24, 2.45) is 0 Å². The van der Waals surface area contributed by atoms with E-state index in [2.05, 4.69) is 17.4 Å². The molecule has 0 unspecified atom stereocenters. The Morgan fingerprint density at radius 1 is 0.919 bits per heavy atom. The minimum Gasteiger partial charge on any atom is -0.350 e. The summed E-state index contributed by atoms with van der Waals surface area (Å²) in [7, 11) is 0. The molecule has 0 radical (unpaired) electrons. The van der Waals surface area contributed by atoms with E-state index in [1.54, 1.807) is 41.3 Å². The SMILES string of the molecule is C[C@H](CCc1ccccc1)NC(=O)c1ccc2c(c1)N(Cc1ccccc1F)C(=O)c1ccccc1S2. The first-order chi connectivity index (χ1) is 18.0. The normalized spacial score (nSPS) is 13.4. The molecule has 0 bridgehead atoms. The highest BCUT2D eigenvalue weighted by molar-refractivity contribution is 7.99. The molecule has 1 aliphatic rings. The Morgan fingerprint density at radius 2 is 1.65 bits per heavy atom. The quantitative estimate of drug-likeness (QED) is 0.295. The van der Waals surface area contributed by atoms with Crippen molar-refractivity contribution in [1.82, 2.24) is 5.32 Å². The zero-order chi connectivity index (χ0) is 25.8. The summed E-state index contributed by atoms with van der Waals surface area (Å²) in [6.45, 7) is 2.05. The van der Waals surface area contributed by atoms with Gasteiger partial charge in [0.2, 0.25) is 0 Å². The average Bonchev–Trinajstić information content (AvgIpc) is 3.03. The zero-order valence-electron chi connectivity index (χ0n) is 20.5. The molecule has 0 saturated heterocycles. The number of benzene rings is 4. The lowest BCUT2D eigenvalue weighted by atomic mass is 10.1. The van der Waals surface area contributed by atoms with Crippen molar-refractivity contribution in [3.05, 3.63) is 125 Å². The van der Waals surface area contributed by atoms with E-state index in [4.69, 9.17) is 0 Å². The van der Waals surface area contributed by atoms with Crippen molar-refractivity contribution >= 4 is 29.3 Å². The predicted molar refractivity (Wildman–Crippen MR) is 146 cm³/mol. The molecule has 5 rings (SSSR count). The summed E-state index contributed by atoms with van der Waals surface area (Å²) in [6.07, 6.45) is 1.68. The summed E-state index contributed by atoms with van der Waals surface area (Å²) in [6, 6.07) is 29.4. The molecule has 2 amide bonds. The number of carbonyl (C=O) groups excluding carboxylic acids is 2. The standard InChI is InChI=1S/C31H27FN2O2S/c1-21(15-16-22-9-3-2-4-10-22)33-30(35)23-17-18-29-27(19-23)34(20-24-11-5-7-13-26(24)32)31(36)25-12-6-8-14-28(25)37-29/h2-14,17-19,21H,15-16,20H2,1H3,(H,33,35)/t21-/m1/s1. The molecule has 0 aromatic heterocycles. The van der Waals surface area contributed by atoms with Gasteiger partial charge in [-0.15, -0.1) is 0 Å². The highest BCUT2D eigenvalue weighted by atomic mass is 32.2. The highest BCUT2D eigenvalue weighted by Gasteiger charge is 2.29. The van der Waals surface area contributed by atoms with Gasteiger partial charge < -0.3 is 10.2 Å². The third-order valence-electron chi connectivity index (χ3n) is 6.47. The van der Waals surface area contributed by atoms with Crippen molar-refractivity contribution in [3.8, 4) is 0 Å². The van der Waals surface area contributed by atoms with Crippen molar-refractivity contribution in [1.29, 1.82) is 0 Å². The van der Waals surface area contributed by atoms with Crippen molar-refractivity contribution in [3.63, 3.8) is 0 Å². The first-order valence-electron chi connectivity index (χ1n) is 12.3. The van der Waals surface area contributed by atoms with Gasteiger partial charge in [0.25, 0.3) is 11.8 Å². The minimum atomic E-state index is -0.372. The molecule has 4 aromatic carbocycles. The number of nitrogens with one attached hydrogen (secondary N) is 1. The Hall–Kier alpha value is -3.90. The number of aryl methyl sites for hydroxylation is 1. The van der Waals surface area contributed by atoms with Crippen LogP contribution in [0.25, 0.3) is 0 Å². The maximum absolute atomic E-state index is 14.6. The summed E-state index contributed by atoms with van der Waals surface area (Å²) < 4.78 is 14.6. The van der Waals surface area contributed by atoms with Crippen LogP contribution in [0.1, 0.15) is 45.2 Å². The van der Waals surface area contributed by atoms with Gasteiger partial charge in [-0.3, -0.25) is 9.59 Å². The second kappa shape index (κ2) is 11.0.